The van der Waals surface area contributed by atoms with Crippen LogP contribution >= 0.6 is 0 Å². The second-order valence-corrected chi connectivity index (χ2v) is 6.80. The van der Waals surface area contributed by atoms with Crippen molar-refractivity contribution in [2.24, 2.45) is 4.99 Å². The van der Waals surface area contributed by atoms with E-state index in [-0.39, 0.29) is 30.4 Å². The lowest BCUT2D eigenvalue weighted by Gasteiger charge is -2.17. The Labute approximate surface area is 172 Å². The van der Waals surface area contributed by atoms with E-state index in [1.165, 1.54) is 6.07 Å². The van der Waals surface area contributed by atoms with Crippen LogP contribution in [0.3, 0.4) is 0 Å². The second-order valence-electron chi connectivity index (χ2n) is 6.80. The maximum absolute atomic E-state index is 14.3. The summed E-state index contributed by atoms with van der Waals surface area (Å²) >= 11 is 0. The minimum atomic E-state index is -0.757. The molecule has 0 saturated carbocycles. The smallest absolute Gasteiger partial charge is 0.308 e. The van der Waals surface area contributed by atoms with Crippen molar-refractivity contribution in [1.82, 2.24) is 20.1 Å². The lowest BCUT2D eigenvalue weighted by atomic mass is 10.0. The Kier molecular flexibility index (Phi) is 5.74. The summed E-state index contributed by atoms with van der Waals surface area (Å²) in [6.07, 6.45) is 1.73. The van der Waals surface area contributed by atoms with Gasteiger partial charge in [-0.1, -0.05) is 54.6 Å². The maximum atomic E-state index is 14.3. The molecule has 0 atom stereocenters. The largest absolute Gasteiger partial charge is 0.366 e. The Morgan fingerprint density at radius 3 is 2.63 bits per heavy atom. The van der Waals surface area contributed by atoms with Crippen LogP contribution in [0.1, 0.15) is 23.4 Å². The first-order chi connectivity index (χ1) is 14.6. The van der Waals surface area contributed by atoms with Gasteiger partial charge < -0.3 is 5.32 Å². The maximum Gasteiger partial charge on any atom is 0.308 e. The normalized spacial score (nSPS) is 13.5. The third kappa shape index (κ3) is 4.32. The first-order valence-corrected chi connectivity index (χ1v) is 9.57. The van der Waals surface area contributed by atoms with Crippen LogP contribution in [0.5, 0.6) is 0 Å². The van der Waals surface area contributed by atoms with Gasteiger partial charge in [0.1, 0.15) is 17.4 Å². The van der Waals surface area contributed by atoms with E-state index in [1.54, 1.807) is 18.2 Å². The summed E-state index contributed by atoms with van der Waals surface area (Å²) in [5, 5.41) is 15.8. The van der Waals surface area contributed by atoms with Crippen LogP contribution in [-0.4, -0.2) is 32.9 Å². The fourth-order valence-electron chi connectivity index (χ4n) is 3.17. The Morgan fingerprint density at radius 2 is 1.83 bits per heavy atom. The van der Waals surface area contributed by atoms with Crippen molar-refractivity contribution in [1.29, 1.82) is 5.41 Å². The molecule has 152 valence electrons. The molecule has 2 aromatic carbocycles. The summed E-state index contributed by atoms with van der Waals surface area (Å²) in [5.41, 5.74) is 1.83. The number of benzene rings is 2. The van der Waals surface area contributed by atoms with Crippen molar-refractivity contribution in [3.8, 4) is 0 Å². The van der Waals surface area contributed by atoms with Crippen LogP contribution < -0.4 is 5.32 Å². The Hall–Kier alpha value is -3.68. The molecule has 0 saturated heterocycles. The summed E-state index contributed by atoms with van der Waals surface area (Å²) < 4.78 is 29.3. The summed E-state index contributed by atoms with van der Waals surface area (Å²) in [6.45, 7) is 0.999. The average Bonchev–Trinajstić information content (AvgIpc) is 3.14. The molecule has 0 unspecified atom stereocenters. The third-order valence-electron chi connectivity index (χ3n) is 4.70. The van der Waals surface area contributed by atoms with Gasteiger partial charge in [-0.15, -0.1) is 5.10 Å². The molecule has 2 heterocycles. The van der Waals surface area contributed by atoms with Crippen molar-refractivity contribution < 1.29 is 8.78 Å². The highest BCUT2D eigenvalue weighted by Crippen LogP contribution is 2.14. The van der Waals surface area contributed by atoms with Crippen molar-refractivity contribution in [2.75, 3.05) is 6.54 Å². The number of aliphatic imine (C=N–C) groups is 1. The highest BCUT2D eigenvalue weighted by molar-refractivity contribution is 6.27. The number of rotatable bonds is 6. The van der Waals surface area contributed by atoms with Gasteiger partial charge in [-0.25, -0.2) is 9.07 Å². The fraction of sp³-hybridized carbons (Fsp3) is 0.182. The minimum absolute atomic E-state index is 0.0167. The zero-order valence-electron chi connectivity index (χ0n) is 16.1. The van der Waals surface area contributed by atoms with Crippen LogP contribution in [0, 0.1) is 17.3 Å². The summed E-state index contributed by atoms with van der Waals surface area (Å²) in [5.74, 6) is 0.122. The first-order valence-electron chi connectivity index (χ1n) is 9.57. The Bertz CT molecular complexity index is 1120. The van der Waals surface area contributed by atoms with Crippen LogP contribution in [-0.2, 0) is 13.1 Å². The van der Waals surface area contributed by atoms with Gasteiger partial charge in [-0.3, -0.25) is 10.4 Å². The number of amidine groups is 1. The van der Waals surface area contributed by atoms with Crippen molar-refractivity contribution >= 4 is 11.5 Å². The highest BCUT2D eigenvalue weighted by Gasteiger charge is 2.22. The van der Waals surface area contributed by atoms with Gasteiger partial charge in [0.25, 0.3) is 0 Å². The summed E-state index contributed by atoms with van der Waals surface area (Å²) in [4.78, 5) is 8.24. The molecule has 4 rings (SSSR count). The summed E-state index contributed by atoms with van der Waals surface area (Å²) in [7, 11) is 0. The minimum Gasteiger partial charge on any atom is -0.366 e. The highest BCUT2D eigenvalue weighted by atomic mass is 19.1. The molecule has 6 nitrogen and oxygen atoms in total. The van der Waals surface area contributed by atoms with Crippen LogP contribution in [0.15, 0.2) is 71.2 Å². The van der Waals surface area contributed by atoms with E-state index in [1.807, 2.05) is 36.4 Å². The molecular formula is C22H20F2N6. The number of hydrogen-bond donors (Lipinski definition) is 2. The molecule has 1 aliphatic rings. The van der Waals surface area contributed by atoms with Crippen molar-refractivity contribution in [2.45, 2.75) is 19.5 Å². The van der Waals surface area contributed by atoms with E-state index in [2.05, 4.69) is 20.4 Å². The van der Waals surface area contributed by atoms with Crippen molar-refractivity contribution in [3.63, 3.8) is 0 Å². The predicted octanol–water partition coefficient (Wildman–Crippen LogP) is 3.49. The lowest BCUT2D eigenvalue weighted by Crippen LogP contribution is -2.31. The lowest BCUT2D eigenvalue weighted by molar-refractivity contribution is 0.457. The van der Waals surface area contributed by atoms with Crippen LogP contribution in [0.25, 0.3) is 0 Å². The molecule has 8 heteroatoms. The number of nitrogens with zero attached hydrogens (tertiary/aromatic N) is 4. The summed E-state index contributed by atoms with van der Waals surface area (Å²) in [6, 6.07) is 15.8. The quantitative estimate of drug-likeness (QED) is 0.615. The third-order valence-corrected chi connectivity index (χ3v) is 4.70. The van der Waals surface area contributed by atoms with Gasteiger partial charge >= 0.3 is 6.08 Å². The molecule has 30 heavy (non-hydrogen) atoms. The zero-order valence-corrected chi connectivity index (χ0v) is 16.1. The molecule has 0 bridgehead atoms. The molecule has 3 aromatic rings. The van der Waals surface area contributed by atoms with E-state index >= 15 is 0 Å². The predicted molar refractivity (Wildman–Crippen MR) is 111 cm³/mol. The molecule has 0 aliphatic carbocycles. The van der Waals surface area contributed by atoms with Crippen molar-refractivity contribution in [3.05, 3.63) is 95.1 Å². The molecule has 1 aromatic heterocycles. The number of dihydropyridines is 1. The van der Waals surface area contributed by atoms with Gasteiger partial charge in [0.05, 0.1) is 6.54 Å². The monoisotopic (exact) mass is 406 g/mol. The molecular weight excluding hydrogens is 386 g/mol. The van der Waals surface area contributed by atoms with Gasteiger partial charge in [0, 0.05) is 24.2 Å². The average molecular weight is 406 g/mol. The number of nitrogens with one attached hydrogen (secondary N) is 2. The molecule has 2 N–H and O–H groups in total. The van der Waals surface area contributed by atoms with Gasteiger partial charge in [0.15, 0.2) is 0 Å². The first kappa shape index (κ1) is 19.6. The molecule has 0 amide bonds. The molecule has 0 spiro atoms. The van der Waals surface area contributed by atoms with E-state index in [9.17, 15) is 8.78 Å². The fourth-order valence-corrected chi connectivity index (χ4v) is 3.17. The van der Waals surface area contributed by atoms with Gasteiger partial charge in [-0.2, -0.15) is 9.37 Å². The molecule has 1 aliphatic heterocycles. The SMILES string of the molecule is N=C(C1=CCCN=C1NCc1ccccc1F)c1nc(F)n(Cc2ccccc2)n1. The Balaban J connectivity index is 1.50. The standard InChI is InChI=1S/C22H20F2N6/c23-18-11-5-4-9-16(18)13-27-20-17(10-6-12-26-20)19(25)21-28-22(24)30(29-21)14-15-7-2-1-3-8-15/h1-5,7-11,25H,6,12-14H2,(H,26,27). The van der Waals surface area contributed by atoms with E-state index in [0.717, 1.165) is 10.2 Å². The van der Waals surface area contributed by atoms with E-state index in [4.69, 9.17) is 5.41 Å². The molecule has 0 radical (unpaired) electrons. The second kappa shape index (κ2) is 8.77. The topological polar surface area (TPSA) is 79.0 Å². The number of halogens is 2. The zero-order chi connectivity index (χ0) is 20.9. The Morgan fingerprint density at radius 1 is 1.07 bits per heavy atom. The van der Waals surface area contributed by atoms with Gasteiger partial charge in [-0.05, 0) is 18.1 Å². The van der Waals surface area contributed by atoms with Crippen LogP contribution in [0.2, 0.25) is 0 Å². The molecule has 0 fully saturated rings. The number of hydrogen-bond acceptors (Lipinski definition) is 5. The number of aromatic nitrogens is 3. The van der Waals surface area contributed by atoms with E-state index in [0.29, 0.717) is 29.9 Å². The van der Waals surface area contributed by atoms with E-state index < -0.39 is 6.08 Å². The van der Waals surface area contributed by atoms with Gasteiger partial charge in [0.2, 0.25) is 5.82 Å². The van der Waals surface area contributed by atoms with Crippen LogP contribution in [0.4, 0.5) is 8.78 Å².